The molecule has 0 spiro atoms. The second kappa shape index (κ2) is 12.0. The first-order valence-corrected chi connectivity index (χ1v) is 14.9. The monoisotopic (exact) mass is 573 g/mol. The summed E-state index contributed by atoms with van der Waals surface area (Å²) >= 11 is 1.58. The quantitative estimate of drug-likeness (QED) is 0.257. The molecule has 7 nitrogen and oxygen atoms in total. The molecule has 2 aromatic heterocycles. The Kier molecular flexibility index (Phi) is 7.88. The number of carbonyl (C=O) groups excluding carboxylic acids is 2. The van der Waals surface area contributed by atoms with Crippen molar-refractivity contribution < 1.29 is 9.59 Å². The van der Waals surface area contributed by atoms with E-state index in [9.17, 15) is 9.59 Å². The smallest absolute Gasteiger partial charge is 0.240 e. The van der Waals surface area contributed by atoms with Crippen LogP contribution in [0.3, 0.4) is 0 Å². The van der Waals surface area contributed by atoms with Gasteiger partial charge >= 0.3 is 0 Å². The van der Waals surface area contributed by atoms with Gasteiger partial charge in [0.15, 0.2) is 0 Å². The zero-order chi connectivity index (χ0) is 29.1. The largest absolute Gasteiger partial charge is 0.350 e. The fraction of sp³-hybridized carbons (Fsp3) is 0.176. The van der Waals surface area contributed by atoms with E-state index < -0.39 is 0 Å². The standard InChI is InChI=1S/C34H31N5O2S/c1-23-14-16-27(17-15-23)39-34-31(32(37-39)26-11-4-3-5-12-26)33(28-13-7-6-9-24(28)2)42-22-30(41)38(34)21-29(40)36-20-25-10-8-18-35-19-25/h3-19,33H,20-22H2,1-2H3,(H,36,40)/t33-/m1/s1. The van der Waals surface area contributed by atoms with E-state index in [-0.39, 0.29) is 29.4 Å². The van der Waals surface area contributed by atoms with Crippen LogP contribution in [0, 0.1) is 13.8 Å². The van der Waals surface area contributed by atoms with Gasteiger partial charge in [0.25, 0.3) is 0 Å². The summed E-state index contributed by atoms with van der Waals surface area (Å²) in [6, 6.07) is 30.1. The van der Waals surface area contributed by atoms with E-state index in [1.165, 1.54) is 0 Å². The van der Waals surface area contributed by atoms with Crippen molar-refractivity contribution in [3.05, 3.63) is 131 Å². The first-order chi connectivity index (χ1) is 20.5. The number of fused-ring (bicyclic) bond motifs is 1. The highest BCUT2D eigenvalue weighted by Crippen LogP contribution is 2.49. The Bertz CT molecular complexity index is 1720. The molecule has 1 aliphatic heterocycles. The van der Waals surface area contributed by atoms with E-state index in [1.807, 2.05) is 90.5 Å². The lowest BCUT2D eigenvalue weighted by atomic mass is 9.97. The number of hydrogen-bond donors (Lipinski definition) is 1. The molecule has 6 rings (SSSR count). The van der Waals surface area contributed by atoms with Crippen LogP contribution in [0.5, 0.6) is 0 Å². The Labute approximate surface area is 249 Å². The van der Waals surface area contributed by atoms with Crippen molar-refractivity contribution in [2.45, 2.75) is 25.6 Å². The van der Waals surface area contributed by atoms with E-state index in [1.54, 1.807) is 29.1 Å². The molecule has 0 bridgehead atoms. The lowest BCUT2D eigenvalue weighted by molar-refractivity contribution is -0.123. The molecule has 5 aromatic rings. The van der Waals surface area contributed by atoms with E-state index in [0.717, 1.165) is 44.8 Å². The Morgan fingerprint density at radius 3 is 2.45 bits per heavy atom. The number of hydrogen-bond acceptors (Lipinski definition) is 5. The topological polar surface area (TPSA) is 80.1 Å². The predicted octanol–water partition coefficient (Wildman–Crippen LogP) is 6.04. The summed E-state index contributed by atoms with van der Waals surface area (Å²) in [6.45, 7) is 4.34. The summed E-state index contributed by atoms with van der Waals surface area (Å²) in [7, 11) is 0. The van der Waals surface area contributed by atoms with Gasteiger partial charge in [0.1, 0.15) is 12.4 Å². The van der Waals surface area contributed by atoms with E-state index >= 15 is 0 Å². The van der Waals surface area contributed by atoms with Crippen LogP contribution in [0.25, 0.3) is 16.9 Å². The number of rotatable bonds is 7. The number of benzene rings is 3. The number of amides is 2. The highest BCUT2D eigenvalue weighted by molar-refractivity contribution is 8.00. The highest BCUT2D eigenvalue weighted by atomic mass is 32.2. The lowest BCUT2D eigenvalue weighted by Crippen LogP contribution is -2.42. The third kappa shape index (κ3) is 5.58. The second-order valence-electron chi connectivity index (χ2n) is 10.4. The molecular weight excluding hydrogens is 542 g/mol. The van der Waals surface area contributed by atoms with Crippen LogP contribution in [0.2, 0.25) is 0 Å². The molecule has 0 aliphatic carbocycles. The average Bonchev–Trinajstić information content (AvgIpc) is 3.34. The van der Waals surface area contributed by atoms with Crippen LogP contribution < -0.4 is 10.2 Å². The van der Waals surface area contributed by atoms with Gasteiger partial charge in [-0.15, -0.1) is 11.8 Å². The van der Waals surface area contributed by atoms with Crippen LogP contribution in [0.4, 0.5) is 5.82 Å². The van der Waals surface area contributed by atoms with Crippen molar-refractivity contribution in [1.82, 2.24) is 20.1 Å². The van der Waals surface area contributed by atoms with E-state index in [4.69, 9.17) is 5.10 Å². The first kappa shape index (κ1) is 27.5. The van der Waals surface area contributed by atoms with Crippen LogP contribution in [-0.2, 0) is 16.1 Å². The molecule has 8 heteroatoms. The molecule has 42 heavy (non-hydrogen) atoms. The molecule has 1 atom stereocenters. The molecule has 3 aromatic carbocycles. The Morgan fingerprint density at radius 2 is 1.71 bits per heavy atom. The first-order valence-electron chi connectivity index (χ1n) is 13.9. The number of anilines is 1. The molecule has 1 aliphatic rings. The number of thioether (sulfide) groups is 1. The Morgan fingerprint density at radius 1 is 0.952 bits per heavy atom. The van der Waals surface area contributed by atoms with Gasteiger partial charge in [-0.3, -0.25) is 19.5 Å². The molecule has 0 unspecified atom stereocenters. The molecule has 2 amide bonds. The van der Waals surface area contributed by atoms with Gasteiger partial charge in [0.2, 0.25) is 11.8 Å². The van der Waals surface area contributed by atoms with Gasteiger partial charge < -0.3 is 5.32 Å². The van der Waals surface area contributed by atoms with Gasteiger partial charge in [0.05, 0.1) is 22.4 Å². The fourth-order valence-electron chi connectivity index (χ4n) is 5.22. The summed E-state index contributed by atoms with van der Waals surface area (Å²) in [5, 5.41) is 7.97. The van der Waals surface area contributed by atoms with Crippen LogP contribution in [0.15, 0.2) is 103 Å². The zero-order valence-corrected chi connectivity index (χ0v) is 24.3. The maximum atomic E-state index is 13.9. The summed E-state index contributed by atoms with van der Waals surface area (Å²) < 4.78 is 1.83. The summed E-state index contributed by atoms with van der Waals surface area (Å²) in [4.78, 5) is 33.0. The number of pyridine rings is 1. The minimum atomic E-state index is -0.254. The Hall–Kier alpha value is -4.69. The minimum absolute atomic E-state index is 0.126. The molecular formula is C34H31N5O2S. The molecule has 0 radical (unpaired) electrons. The second-order valence-corrected chi connectivity index (χ2v) is 11.5. The number of aromatic nitrogens is 3. The predicted molar refractivity (Wildman–Crippen MR) is 168 cm³/mol. The maximum absolute atomic E-state index is 13.9. The van der Waals surface area contributed by atoms with Crippen molar-refractivity contribution in [3.63, 3.8) is 0 Å². The summed E-state index contributed by atoms with van der Waals surface area (Å²) in [5.41, 5.74) is 7.76. The minimum Gasteiger partial charge on any atom is -0.350 e. The van der Waals surface area contributed by atoms with Crippen molar-refractivity contribution in [2.24, 2.45) is 0 Å². The van der Waals surface area contributed by atoms with Crippen LogP contribution >= 0.6 is 11.8 Å². The van der Waals surface area contributed by atoms with Crippen molar-refractivity contribution in [2.75, 3.05) is 17.2 Å². The molecule has 0 saturated carbocycles. The number of aryl methyl sites for hydroxylation is 2. The van der Waals surface area contributed by atoms with Gasteiger partial charge in [-0.05, 0) is 48.7 Å². The molecule has 0 saturated heterocycles. The van der Waals surface area contributed by atoms with Crippen molar-refractivity contribution >= 4 is 29.4 Å². The third-order valence-electron chi connectivity index (χ3n) is 7.40. The van der Waals surface area contributed by atoms with E-state index in [2.05, 4.69) is 29.4 Å². The third-order valence-corrected chi connectivity index (χ3v) is 8.64. The Balaban J connectivity index is 1.52. The molecule has 210 valence electrons. The number of nitrogens with one attached hydrogen (secondary N) is 1. The molecule has 1 N–H and O–H groups in total. The fourth-order valence-corrected chi connectivity index (χ4v) is 6.52. The molecule has 3 heterocycles. The highest BCUT2D eigenvalue weighted by Gasteiger charge is 2.38. The van der Waals surface area contributed by atoms with Gasteiger partial charge in [-0.2, -0.15) is 5.10 Å². The van der Waals surface area contributed by atoms with Crippen molar-refractivity contribution in [3.8, 4) is 16.9 Å². The average molecular weight is 574 g/mol. The van der Waals surface area contributed by atoms with Crippen LogP contribution in [0.1, 0.15) is 33.1 Å². The SMILES string of the molecule is Cc1ccc(-n2nc(-c3ccccc3)c3c2N(CC(=O)NCc2cccnc2)C(=O)CS[C@@H]3c2ccccc2C)cc1. The van der Waals surface area contributed by atoms with Gasteiger partial charge in [-0.25, -0.2) is 4.68 Å². The zero-order valence-electron chi connectivity index (χ0n) is 23.5. The maximum Gasteiger partial charge on any atom is 0.240 e. The summed E-state index contributed by atoms with van der Waals surface area (Å²) in [5.74, 6) is 0.459. The normalized spacial score (nSPS) is 14.8. The summed E-state index contributed by atoms with van der Waals surface area (Å²) in [6.07, 6.45) is 3.42. The number of nitrogens with zero attached hydrogens (tertiary/aromatic N) is 4. The van der Waals surface area contributed by atoms with Gasteiger partial charge in [-0.1, -0.05) is 78.4 Å². The molecule has 0 fully saturated rings. The van der Waals surface area contributed by atoms with Gasteiger partial charge in [0, 0.05) is 30.1 Å². The number of carbonyl (C=O) groups is 2. The van der Waals surface area contributed by atoms with Crippen molar-refractivity contribution in [1.29, 1.82) is 0 Å². The van der Waals surface area contributed by atoms with Crippen LogP contribution in [-0.4, -0.2) is 38.9 Å². The van der Waals surface area contributed by atoms with E-state index in [0.29, 0.717) is 12.4 Å². The lowest BCUT2D eigenvalue weighted by Gasteiger charge is -2.23.